The Kier molecular flexibility index (Phi) is 9.40. The lowest BCUT2D eigenvalue weighted by Crippen LogP contribution is -2.52. The first-order valence-electron chi connectivity index (χ1n) is 8.30. The van der Waals surface area contributed by atoms with Crippen molar-refractivity contribution in [3.8, 4) is 0 Å². The number of rotatable bonds is 10. The maximum atomic E-state index is 12.4. The summed E-state index contributed by atoms with van der Waals surface area (Å²) < 4.78 is 0. The van der Waals surface area contributed by atoms with Crippen molar-refractivity contribution in [1.82, 2.24) is 21.3 Å². The Morgan fingerprint density at radius 2 is 1.58 bits per heavy atom. The van der Waals surface area contributed by atoms with Crippen LogP contribution >= 0.6 is 0 Å². The van der Waals surface area contributed by atoms with E-state index < -0.39 is 23.8 Å². The van der Waals surface area contributed by atoms with Gasteiger partial charge in [0, 0.05) is 13.0 Å². The van der Waals surface area contributed by atoms with Gasteiger partial charge in [-0.2, -0.15) is 0 Å². The summed E-state index contributed by atoms with van der Waals surface area (Å²) in [5.41, 5.74) is 6.00. The molecule has 0 bridgehead atoms. The van der Waals surface area contributed by atoms with Crippen LogP contribution in [0.2, 0.25) is 0 Å². The Hall–Kier alpha value is -2.94. The molecule has 0 aliphatic rings. The van der Waals surface area contributed by atoms with Crippen molar-refractivity contribution in [1.29, 1.82) is 0 Å². The molecule has 9 nitrogen and oxygen atoms in total. The van der Waals surface area contributed by atoms with Gasteiger partial charge in [0.25, 0.3) is 0 Å². The molecule has 0 aliphatic heterocycles. The number of nitrogens with two attached hydrogens (primary N) is 1. The monoisotopic (exact) mass is 363 g/mol. The lowest BCUT2D eigenvalue weighted by molar-refractivity contribution is -0.130. The van der Waals surface area contributed by atoms with Crippen LogP contribution in [0.5, 0.6) is 0 Å². The van der Waals surface area contributed by atoms with E-state index in [2.05, 4.69) is 21.3 Å². The summed E-state index contributed by atoms with van der Waals surface area (Å²) in [6.07, 6.45) is 0.249. The minimum absolute atomic E-state index is 0.183. The van der Waals surface area contributed by atoms with Gasteiger partial charge in [-0.3, -0.25) is 19.2 Å². The lowest BCUT2D eigenvalue weighted by Gasteiger charge is -2.19. The molecule has 1 rings (SSSR count). The summed E-state index contributed by atoms with van der Waals surface area (Å²) in [6.45, 7) is 1.53. The molecule has 1 aromatic carbocycles. The molecule has 0 heterocycles. The van der Waals surface area contributed by atoms with Gasteiger partial charge in [-0.25, -0.2) is 0 Å². The van der Waals surface area contributed by atoms with Crippen LogP contribution < -0.4 is 27.0 Å². The van der Waals surface area contributed by atoms with Crippen molar-refractivity contribution >= 4 is 23.6 Å². The first-order valence-corrected chi connectivity index (χ1v) is 8.30. The fourth-order valence-electron chi connectivity index (χ4n) is 2.11. The zero-order valence-electron chi connectivity index (χ0n) is 14.7. The average Bonchev–Trinajstić information content (AvgIpc) is 2.64. The zero-order chi connectivity index (χ0) is 19.4. The molecule has 4 amide bonds. The summed E-state index contributed by atoms with van der Waals surface area (Å²) in [7, 11) is 0. The molecule has 0 aliphatic carbocycles. The molecule has 1 atom stereocenters. The Bertz CT molecular complexity index is 621. The molecule has 0 radical (unpaired) electrons. The molecule has 9 heteroatoms. The lowest BCUT2D eigenvalue weighted by atomic mass is 10.1. The van der Waals surface area contributed by atoms with Crippen LogP contribution in [0.25, 0.3) is 0 Å². The van der Waals surface area contributed by atoms with Gasteiger partial charge in [0.15, 0.2) is 0 Å². The Labute approximate surface area is 152 Å². The van der Waals surface area contributed by atoms with Crippen molar-refractivity contribution in [2.45, 2.75) is 19.4 Å². The van der Waals surface area contributed by atoms with Gasteiger partial charge in [0.2, 0.25) is 23.6 Å². The van der Waals surface area contributed by atoms with Crippen LogP contribution in [-0.2, 0) is 25.6 Å². The van der Waals surface area contributed by atoms with E-state index in [1.807, 2.05) is 30.3 Å². The van der Waals surface area contributed by atoms with E-state index in [4.69, 9.17) is 5.73 Å². The summed E-state index contributed by atoms with van der Waals surface area (Å²) in [6, 6.07) is 8.26. The first kappa shape index (κ1) is 21.1. The zero-order valence-corrected chi connectivity index (χ0v) is 14.7. The minimum Gasteiger partial charge on any atom is -0.355 e. The molecule has 0 saturated heterocycles. The molecule has 0 aromatic heterocycles. The Morgan fingerprint density at radius 3 is 2.19 bits per heavy atom. The van der Waals surface area contributed by atoms with Gasteiger partial charge in [-0.15, -0.1) is 0 Å². The average molecular weight is 363 g/mol. The highest BCUT2D eigenvalue weighted by atomic mass is 16.2. The minimum atomic E-state index is -0.880. The third-order valence-electron chi connectivity index (χ3n) is 3.36. The quantitative estimate of drug-likeness (QED) is 0.328. The van der Waals surface area contributed by atoms with E-state index in [1.165, 1.54) is 0 Å². The number of hydrogen-bond acceptors (Lipinski definition) is 5. The molecule has 142 valence electrons. The van der Waals surface area contributed by atoms with E-state index in [0.29, 0.717) is 6.54 Å². The first-order chi connectivity index (χ1) is 12.5. The molecule has 1 aromatic rings. The highest BCUT2D eigenvalue weighted by Gasteiger charge is 2.21. The van der Waals surface area contributed by atoms with Crippen LogP contribution in [0, 0.1) is 0 Å². The highest BCUT2D eigenvalue weighted by molar-refractivity contribution is 5.92. The van der Waals surface area contributed by atoms with Crippen LogP contribution in [-0.4, -0.2) is 55.8 Å². The van der Waals surface area contributed by atoms with Crippen LogP contribution in [0.1, 0.15) is 12.5 Å². The second-order valence-electron chi connectivity index (χ2n) is 5.46. The van der Waals surface area contributed by atoms with Gasteiger partial charge in [0.05, 0.1) is 19.6 Å². The van der Waals surface area contributed by atoms with E-state index >= 15 is 0 Å². The SMILES string of the molecule is CCNC(=O)CNC(=O)C(Cc1ccccc1)NC(=O)CNC(=O)CN. The van der Waals surface area contributed by atoms with Crippen LogP contribution in [0.15, 0.2) is 30.3 Å². The fraction of sp³-hybridized carbons (Fsp3) is 0.412. The molecular formula is C17H25N5O4. The Morgan fingerprint density at radius 1 is 0.923 bits per heavy atom. The molecule has 0 spiro atoms. The molecule has 26 heavy (non-hydrogen) atoms. The van der Waals surface area contributed by atoms with E-state index in [-0.39, 0.29) is 32.0 Å². The van der Waals surface area contributed by atoms with Gasteiger partial charge >= 0.3 is 0 Å². The van der Waals surface area contributed by atoms with Gasteiger partial charge in [-0.1, -0.05) is 30.3 Å². The van der Waals surface area contributed by atoms with E-state index in [9.17, 15) is 19.2 Å². The molecule has 1 unspecified atom stereocenters. The van der Waals surface area contributed by atoms with Crippen molar-refractivity contribution in [3.05, 3.63) is 35.9 Å². The van der Waals surface area contributed by atoms with Crippen molar-refractivity contribution in [2.75, 3.05) is 26.2 Å². The fourth-order valence-corrected chi connectivity index (χ4v) is 2.11. The number of carbonyl (C=O) groups excluding carboxylic acids is 4. The summed E-state index contributed by atoms with van der Waals surface area (Å²) in [5.74, 6) is -1.80. The van der Waals surface area contributed by atoms with Gasteiger partial charge in [-0.05, 0) is 12.5 Å². The number of benzene rings is 1. The number of nitrogens with one attached hydrogen (secondary N) is 4. The highest BCUT2D eigenvalue weighted by Crippen LogP contribution is 2.03. The van der Waals surface area contributed by atoms with Gasteiger partial charge in [0.1, 0.15) is 6.04 Å². The second-order valence-corrected chi connectivity index (χ2v) is 5.46. The van der Waals surface area contributed by atoms with Crippen molar-refractivity contribution in [3.63, 3.8) is 0 Å². The molecule has 0 fully saturated rings. The largest absolute Gasteiger partial charge is 0.355 e. The smallest absolute Gasteiger partial charge is 0.243 e. The second kappa shape index (κ2) is 11.6. The normalized spacial score (nSPS) is 11.2. The summed E-state index contributed by atoms with van der Waals surface area (Å²) in [5, 5.41) is 9.96. The van der Waals surface area contributed by atoms with Crippen molar-refractivity contribution < 1.29 is 19.2 Å². The molecular weight excluding hydrogens is 338 g/mol. The summed E-state index contributed by atoms with van der Waals surface area (Å²) >= 11 is 0. The predicted molar refractivity (Wildman–Crippen MR) is 95.8 cm³/mol. The topological polar surface area (TPSA) is 142 Å². The van der Waals surface area contributed by atoms with Crippen molar-refractivity contribution in [2.24, 2.45) is 5.73 Å². The Balaban J connectivity index is 2.68. The maximum absolute atomic E-state index is 12.4. The van der Waals surface area contributed by atoms with Gasteiger partial charge < -0.3 is 27.0 Å². The third kappa shape index (κ3) is 8.25. The third-order valence-corrected chi connectivity index (χ3v) is 3.36. The molecule has 6 N–H and O–H groups in total. The maximum Gasteiger partial charge on any atom is 0.243 e. The standard InChI is InChI=1S/C17H25N5O4/c1-2-19-15(24)10-21-17(26)13(8-12-6-4-3-5-7-12)22-16(25)11-20-14(23)9-18/h3-7,13H,2,8-11,18H2,1H3,(H,19,24)(H,20,23)(H,21,26)(H,22,25). The number of amides is 4. The van der Waals surface area contributed by atoms with Crippen LogP contribution in [0.4, 0.5) is 0 Å². The summed E-state index contributed by atoms with van der Waals surface area (Å²) in [4.78, 5) is 47.0. The van der Waals surface area contributed by atoms with E-state index in [1.54, 1.807) is 6.92 Å². The number of hydrogen-bond donors (Lipinski definition) is 5. The number of likely N-dealkylation sites (N-methyl/N-ethyl adjacent to an activating group) is 1. The van der Waals surface area contributed by atoms with E-state index in [0.717, 1.165) is 5.56 Å². The van der Waals surface area contributed by atoms with Crippen LogP contribution in [0.3, 0.4) is 0 Å². The predicted octanol–water partition coefficient (Wildman–Crippen LogP) is -1.96. The molecule has 0 saturated carbocycles. The number of carbonyl (C=O) groups is 4.